The lowest BCUT2D eigenvalue weighted by atomic mass is 10.1. The summed E-state index contributed by atoms with van der Waals surface area (Å²) in [5.74, 6) is -2.34. The van der Waals surface area contributed by atoms with Crippen LogP contribution in [0, 0.1) is 0 Å². The summed E-state index contributed by atoms with van der Waals surface area (Å²) >= 11 is 0. The lowest BCUT2D eigenvalue weighted by Gasteiger charge is -2.09. The summed E-state index contributed by atoms with van der Waals surface area (Å²) in [6, 6.07) is 10.3. The average molecular weight is 581 g/mol. The molecular formula is C33H40O9. The van der Waals surface area contributed by atoms with E-state index in [9.17, 15) is 24.3 Å². The topological polar surface area (TPSA) is 125 Å². The molecule has 0 bridgehead atoms. The summed E-state index contributed by atoms with van der Waals surface area (Å²) in [5.41, 5.74) is 1.30. The van der Waals surface area contributed by atoms with Crippen molar-refractivity contribution in [1.29, 1.82) is 0 Å². The van der Waals surface area contributed by atoms with Crippen molar-refractivity contribution in [3.63, 3.8) is 0 Å². The smallest absolute Gasteiger partial charge is 0.343 e. The third kappa shape index (κ3) is 12.8. The first-order valence-corrected chi connectivity index (χ1v) is 14.1. The molecule has 0 heterocycles. The molecule has 0 saturated carbocycles. The molecular weight excluding hydrogens is 540 g/mol. The Labute approximate surface area is 247 Å². The second-order valence-corrected chi connectivity index (χ2v) is 9.78. The predicted molar refractivity (Wildman–Crippen MR) is 158 cm³/mol. The predicted octanol–water partition coefficient (Wildman–Crippen LogP) is 6.58. The Morgan fingerprint density at radius 2 is 1.36 bits per heavy atom. The maximum absolute atomic E-state index is 12.5. The van der Waals surface area contributed by atoms with Gasteiger partial charge in [-0.15, -0.1) is 0 Å². The molecule has 1 N–H and O–H groups in total. The first-order valence-electron chi connectivity index (χ1n) is 14.1. The minimum atomic E-state index is -0.693. The first-order chi connectivity index (χ1) is 20.2. The van der Waals surface area contributed by atoms with E-state index in [1.54, 1.807) is 37.3 Å². The van der Waals surface area contributed by atoms with Crippen LogP contribution in [0.3, 0.4) is 0 Å². The van der Waals surface area contributed by atoms with Crippen molar-refractivity contribution in [2.75, 3.05) is 20.3 Å². The summed E-state index contributed by atoms with van der Waals surface area (Å²) in [6.45, 7) is 5.85. The number of phenolic OH excluding ortho intramolecular Hbond substituents is 1. The second-order valence-electron chi connectivity index (χ2n) is 9.78. The van der Waals surface area contributed by atoms with Gasteiger partial charge in [0.05, 0.1) is 25.9 Å². The second kappa shape index (κ2) is 18.9. The fourth-order valence-electron chi connectivity index (χ4n) is 3.84. The maximum atomic E-state index is 12.5. The zero-order valence-corrected chi connectivity index (χ0v) is 24.4. The van der Waals surface area contributed by atoms with Gasteiger partial charge in [0.1, 0.15) is 17.1 Å². The Kier molecular flexibility index (Phi) is 15.2. The highest BCUT2D eigenvalue weighted by Gasteiger charge is 2.16. The molecule has 2 aromatic rings. The van der Waals surface area contributed by atoms with E-state index in [2.05, 4.69) is 11.3 Å². The molecule has 0 saturated heterocycles. The van der Waals surface area contributed by atoms with Crippen molar-refractivity contribution < 1.29 is 43.2 Å². The minimum absolute atomic E-state index is 0.0852. The third-order valence-corrected chi connectivity index (χ3v) is 6.26. The molecule has 9 nitrogen and oxygen atoms in total. The lowest BCUT2D eigenvalue weighted by molar-refractivity contribution is -0.139. The Bertz CT molecular complexity index is 1230. The maximum Gasteiger partial charge on any atom is 0.343 e. The fourth-order valence-corrected chi connectivity index (χ4v) is 3.84. The molecule has 0 fully saturated rings. The number of rotatable bonds is 18. The van der Waals surface area contributed by atoms with Gasteiger partial charge in [-0.3, -0.25) is 0 Å². The molecule has 42 heavy (non-hydrogen) atoms. The van der Waals surface area contributed by atoms with Crippen LogP contribution in [0.4, 0.5) is 0 Å². The summed E-state index contributed by atoms with van der Waals surface area (Å²) in [5, 5.41) is 10.1. The molecule has 0 unspecified atom stereocenters. The van der Waals surface area contributed by atoms with Gasteiger partial charge < -0.3 is 24.1 Å². The average Bonchev–Trinajstić information content (AvgIpc) is 2.98. The van der Waals surface area contributed by atoms with Gasteiger partial charge in [0, 0.05) is 11.6 Å². The number of ether oxygens (including phenoxy) is 4. The van der Waals surface area contributed by atoms with Crippen LogP contribution in [0.15, 0.2) is 60.7 Å². The molecule has 0 spiro atoms. The van der Waals surface area contributed by atoms with Crippen molar-refractivity contribution in [3.05, 3.63) is 77.4 Å². The van der Waals surface area contributed by atoms with Crippen molar-refractivity contribution in [2.45, 2.75) is 64.7 Å². The quantitative estimate of drug-likeness (QED) is 0.0684. The number of phenols is 1. The molecule has 0 amide bonds. The normalized spacial score (nSPS) is 10.7. The van der Waals surface area contributed by atoms with Gasteiger partial charge in [-0.05, 0) is 61.7 Å². The van der Waals surface area contributed by atoms with Crippen LogP contribution >= 0.6 is 0 Å². The molecule has 2 rings (SSSR count). The van der Waals surface area contributed by atoms with E-state index in [4.69, 9.17) is 14.2 Å². The van der Waals surface area contributed by atoms with Crippen molar-refractivity contribution in [3.8, 4) is 11.5 Å². The van der Waals surface area contributed by atoms with Gasteiger partial charge in [0.25, 0.3) is 0 Å². The number of carbonyl (C=O) groups excluding carboxylic acids is 4. The first kappa shape index (κ1) is 33.8. The molecule has 0 radical (unpaired) electrons. The molecule has 9 heteroatoms. The van der Waals surface area contributed by atoms with Crippen LogP contribution in [-0.4, -0.2) is 49.3 Å². The number of unbranched alkanes of at least 4 members (excludes halogenated alkanes) is 8. The van der Waals surface area contributed by atoms with Crippen LogP contribution < -0.4 is 4.74 Å². The van der Waals surface area contributed by atoms with Gasteiger partial charge in [0.2, 0.25) is 0 Å². The Balaban J connectivity index is 1.65. The van der Waals surface area contributed by atoms with Crippen LogP contribution in [0.25, 0.3) is 6.08 Å². The number of hydrogen-bond acceptors (Lipinski definition) is 9. The Morgan fingerprint density at radius 1 is 0.786 bits per heavy atom. The van der Waals surface area contributed by atoms with Crippen LogP contribution in [0.2, 0.25) is 0 Å². The number of hydrogen-bond donors (Lipinski definition) is 1. The number of esters is 4. The minimum Gasteiger partial charge on any atom is -0.507 e. The van der Waals surface area contributed by atoms with Crippen LogP contribution in [0.5, 0.6) is 11.5 Å². The Morgan fingerprint density at radius 3 is 1.93 bits per heavy atom. The molecule has 0 aliphatic rings. The van der Waals surface area contributed by atoms with E-state index >= 15 is 0 Å². The number of carbonyl (C=O) groups is 4. The van der Waals surface area contributed by atoms with E-state index in [1.165, 1.54) is 31.4 Å². The summed E-state index contributed by atoms with van der Waals surface area (Å²) in [7, 11) is 1.28. The number of methoxy groups -OCH3 is 1. The van der Waals surface area contributed by atoms with E-state index in [0.717, 1.165) is 51.4 Å². The highest BCUT2D eigenvalue weighted by atomic mass is 16.5. The van der Waals surface area contributed by atoms with Gasteiger partial charge in [0.15, 0.2) is 0 Å². The van der Waals surface area contributed by atoms with Crippen molar-refractivity contribution >= 4 is 30.0 Å². The molecule has 226 valence electrons. The van der Waals surface area contributed by atoms with E-state index in [1.807, 2.05) is 0 Å². The molecule has 0 aliphatic heterocycles. The van der Waals surface area contributed by atoms with E-state index in [-0.39, 0.29) is 35.2 Å². The highest BCUT2D eigenvalue weighted by Crippen LogP contribution is 2.25. The summed E-state index contributed by atoms with van der Waals surface area (Å²) in [6.07, 6.45) is 11.8. The summed E-state index contributed by atoms with van der Waals surface area (Å²) < 4.78 is 20.3. The fraction of sp³-hybridized carbons (Fsp3) is 0.394. The largest absolute Gasteiger partial charge is 0.507 e. The van der Waals surface area contributed by atoms with Gasteiger partial charge in [-0.1, -0.05) is 63.7 Å². The SMILES string of the molecule is C=C(C)C(=O)OCCCCCCCCCCCOC(=O)c1cc(OC(=O)c2ccc(/C=C/C(=O)OC)cc2)ccc1O. The molecule has 0 aliphatic carbocycles. The van der Waals surface area contributed by atoms with Crippen LogP contribution in [0.1, 0.15) is 91.0 Å². The molecule has 0 aromatic heterocycles. The standard InChI is InChI=1S/C33H40O9/c1-24(2)31(36)40-21-11-9-7-5-4-6-8-10-12-22-41-33(38)28-23-27(18-19-29(28)34)42-32(37)26-16-13-25(14-17-26)15-20-30(35)39-3/h13-20,23,34H,1,4-12,21-22H2,2-3H3/b20-15+. The number of benzene rings is 2. The monoisotopic (exact) mass is 580 g/mol. The molecule has 0 atom stereocenters. The zero-order chi connectivity index (χ0) is 30.7. The van der Waals surface area contributed by atoms with Crippen LogP contribution in [-0.2, 0) is 23.8 Å². The van der Waals surface area contributed by atoms with Gasteiger partial charge in [-0.25, -0.2) is 19.2 Å². The highest BCUT2D eigenvalue weighted by molar-refractivity contribution is 5.94. The lowest BCUT2D eigenvalue weighted by Crippen LogP contribution is -2.10. The van der Waals surface area contributed by atoms with Crippen molar-refractivity contribution in [1.82, 2.24) is 0 Å². The van der Waals surface area contributed by atoms with E-state index < -0.39 is 17.9 Å². The molecule has 2 aromatic carbocycles. The zero-order valence-electron chi connectivity index (χ0n) is 24.4. The van der Waals surface area contributed by atoms with E-state index in [0.29, 0.717) is 24.2 Å². The number of aromatic hydroxyl groups is 1. The third-order valence-electron chi connectivity index (χ3n) is 6.26. The Hall–Kier alpha value is -4.40. The summed E-state index contributed by atoms with van der Waals surface area (Å²) in [4.78, 5) is 47.5. The van der Waals surface area contributed by atoms with Gasteiger partial charge in [-0.2, -0.15) is 0 Å². The van der Waals surface area contributed by atoms with Gasteiger partial charge >= 0.3 is 23.9 Å². The van der Waals surface area contributed by atoms with Crippen molar-refractivity contribution in [2.24, 2.45) is 0 Å².